The van der Waals surface area contributed by atoms with E-state index >= 15 is 0 Å². The van der Waals surface area contributed by atoms with Crippen molar-refractivity contribution >= 4 is 29.7 Å². The molecule has 0 aliphatic carbocycles. The van der Waals surface area contributed by atoms with Crippen molar-refractivity contribution in [2.24, 2.45) is 0 Å². The minimum absolute atomic E-state index is 0.198. The highest BCUT2D eigenvalue weighted by Gasteiger charge is 2.08. The lowest BCUT2D eigenvalue weighted by Gasteiger charge is -1.87. The molecule has 0 radical (unpaired) electrons. The van der Waals surface area contributed by atoms with Gasteiger partial charge in [-0.25, -0.2) is 4.98 Å². The molecule has 0 atom stereocenters. The fraction of sp³-hybridized carbons (Fsp3) is 0.111. The van der Waals surface area contributed by atoms with Gasteiger partial charge in [0.2, 0.25) is 5.89 Å². The molecule has 2 rings (SSSR count). The lowest BCUT2D eigenvalue weighted by molar-refractivity contribution is -0.136. The van der Waals surface area contributed by atoms with Gasteiger partial charge in [-0.05, 0) is 18.2 Å². The number of thiol groups is 1. The molecule has 0 spiro atoms. The molecule has 0 saturated heterocycles. The molecule has 72 valence electrons. The average Bonchev–Trinajstić information content (AvgIpc) is 2.44. The third kappa shape index (κ3) is 1.72. The van der Waals surface area contributed by atoms with Gasteiger partial charge in [0.25, 0.3) is 0 Å². The highest BCUT2D eigenvalue weighted by Crippen LogP contribution is 2.19. The van der Waals surface area contributed by atoms with Crippen LogP contribution in [0.2, 0.25) is 0 Å². The largest absolute Gasteiger partial charge is 0.481 e. The monoisotopic (exact) mass is 209 g/mol. The van der Waals surface area contributed by atoms with Gasteiger partial charge in [-0.3, -0.25) is 4.79 Å². The first-order chi connectivity index (χ1) is 6.65. The molecular formula is C9H7NO3S. The summed E-state index contributed by atoms with van der Waals surface area (Å²) in [6, 6.07) is 5.22. The Kier molecular flexibility index (Phi) is 2.17. The topological polar surface area (TPSA) is 63.3 Å². The van der Waals surface area contributed by atoms with E-state index in [0.717, 1.165) is 4.90 Å². The first-order valence-electron chi connectivity index (χ1n) is 3.95. The van der Waals surface area contributed by atoms with E-state index in [4.69, 9.17) is 9.52 Å². The minimum Gasteiger partial charge on any atom is -0.481 e. The van der Waals surface area contributed by atoms with Gasteiger partial charge in [-0.1, -0.05) is 0 Å². The molecule has 5 heteroatoms. The molecule has 1 aromatic carbocycles. The summed E-state index contributed by atoms with van der Waals surface area (Å²) in [4.78, 5) is 15.2. The van der Waals surface area contributed by atoms with Gasteiger partial charge in [0.1, 0.15) is 11.9 Å². The van der Waals surface area contributed by atoms with Crippen LogP contribution in [0, 0.1) is 0 Å². The van der Waals surface area contributed by atoms with Gasteiger partial charge in [0.05, 0.1) is 0 Å². The van der Waals surface area contributed by atoms with Crippen LogP contribution in [0.1, 0.15) is 5.89 Å². The Hall–Kier alpha value is -1.49. The first-order valence-corrected chi connectivity index (χ1v) is 4.40. The smallest absolute Gasteiger partial charge is 0.312 e. The van der Waals surface area contributed by atoms with Crippen molar-refractivity contribution in [1.29, 1.82) is 0 Å². The number of benzene rings is 1. The quantitative estimate of drug-likeness (QED) is 0.739. The normalized spacial score (nSPS) is 10.6. The number of nitrogens with zero attached hydrogens (tertiary/aromatic N) is 1. The fourth-order valence-corrected chi connectivity index (χ4v) is 1.36. The van der Waals surface area contributed by atoms with Crippen LogP contribution in [-0.4, -0.2) is 16.1 Å². The molecule has 1 N–H and O–H groups in total. The van der Waals surface area contributed by atoms with E-state index in [9.17, 15) is 4.79 Å². The lowest BCUT2D eigenvalue weighted by atomic mass is 10.3. The number of aliphatic carboxylic acids is 1. The predicted octanol–water partition coefficient (Wildman–Crippen LogP) is 1.74. The molecule has 4 nitrogen and oxygen atoms in total. The summed E-state index contributed by atoms with van der Waals surface area (Å²) >= 11 is 4.14. The number of hydrogen-bond acceptors (Lipinski definition) is 4. The second kappa shape index (κ2) is 3.34. The molecule has 0 unspecified atom stereocenters. The van der Waals surface area contributed by atoms with Crippen LogP contribution in [-0.2, 0) is 11.2 Å². The van der Waals surface area contributed by atoms with Gasteiger partial charge in [-0.15, -0.1) is 12.6 Å². The molecule has 0 aliphatic rings. The van der Waals surface area contributed by atoms with E-state index in [1.165, 1.54) is 0 Å². The summed E-state index contributed by atoms with van der Waals surface area (Å²) in [6.07, 6.45) is -0.198. The van der Waals surface area contributed by atoms with Crippen molar-refractivity contribution in [3.05, 3.63) is 24.1 Å². The summed E-state index contributed by atoms with van der Waals surface area (Å²) < 4.78 is 5.22. The van der Waals surface area contributed by atoms with Gasteiger partial charge in [0.15, 0.2) is 5.58 Å². The first kappa shape index (κ1) is 9.08. The van der Waals surface area contributed by atoms with E-state index in [2.05, 4.69) is 17.6 Å². The third-order valence-electron chi connectivity index (χ3n) is 1.72. The van der Waals surface area contributed by atoms with Crippen molar-refractivity contribution in [3.63, 3.8) is 0 Å². The standard InChI is InChI=1S/C9H7NO3S/c11-9(12)4-8-10-6-2-1-5(14)3-7(6)13-8/h1-3,14H,4H2,(H,11,12). The van der Waals surface area contributed by atoms with E-state index in [0.29, 0.717) is 11.1 Å². The van der Waals surface area contributed by atoms with Crippen LogP contribution in [0.5, 0.6) is 0 Å². The van der Waals surface area contributed by atoms with Crippen molar-refractivity contribution in [3.8, 4) is 0 Å². The zero-order chi connectivity index (χ0) is 10.1. The maximum absolute atomic E-state index is 10.4. The van der Waals surface area contributed by atoms with E-state index in [1.54, 1.807) is 18.2 Å². The fourth-order valence-electron chi connectivity index (χ4n) is 1.17. The number of carbonyl (C=O) groups is 1. The zero-order valence-corrected chi connectivity index (χ0v) is 7.99. The maximum Gasteiger partial charge on any atom is 0.312 e. The second-order valence-corrected chi connectivity index (χ2v) is 3.35. The van der Waals surface area contributed by atoms with E-state index < -0.39 is 5.97 Å². The number of hydrogen-bond donors (Lipinski definition) is 2. The molecule has 0 bridgehead atoms. The zero-order valence-electron chi connectivity index (χ0n) is 7.10. The number of oxazole rings is 1. The summed E-state index contributed by atoms with van der Waals surface area (Å²) in [5.41, 5.74) is 1.22. The Labute approximate surface area is 85.0 Å². The van der Waals surface area contributed by atoms with Gasteiger partial charge in [-0.2, -0.15) is 0 Å². The van der Waals surface area contributed by atoms with Crippen LogP contribution in [0.15, 0.2) is 27.5 Å². The number of rotatable bonds is 2. The summed E-state index contributed by atoms with van der Waals surface area (Å²) in [5, 5.41) is 8.53. The van der Waals surface area contributed by atoms with Crippen molar-refractivity contribution in [1.82, 2.24) is 4.98 Å². The van der Waals surface area contributed by atoms with E-state index in [-0.39, 0.29) is 12.3 Å². The predicted molar refractivity (Wildman–Crippen MR) is 52.6 cm³/mol. The Balaban J connectivity index is 2.46. The average molecular weight is 209 g/mol. The SMILES string of the molecule is O=C(O)Cc1nc2ccc(S)cc2o1. The Morgan fingerprint density at radius 1 is 1.57 bits per heavy atom. The highest BCUT2D eigenvalue weighted by atomic mass is 32.1. The molecule has 0 saturated carbocycles. The molecular weight excluding hydrogens is 202 g/mol. The number of carboxylic acids is 1. The molecule has 14 heavy (non-hydrogen) atoms. The second-order valence-electron chi connectivity index (χ2n) is 2.83. The van der Waals surface area contributed by atoms with Gasteiger partial charge < -0.3 is 9.52 Å². The highest BCUT2D eigenvalue weighted by molar-refractivity contribution is 7.80. The van der Waals surface area contributed by atoms with Crippen LogP contribution in [0.3, 0.4) is 0 Å². The van der Waals surface area contributed by atoms with Crippen LogP contribution in [0.4, 0.5) is 0 Å². The molecule has 0 aliphatic heterocycles. The number of carboxylic acid groups (broad SMARTS) is 1. The minimum atomic E-state index is -0.956. The third-order valence-corrected chi connectivity index (χ3v) is 2.00. The van der Waals surface area contributed by atoms with Crippen LogP contribution in [0.25, 0.3) is 11.1 Å². The number of aromatic nitrogens is 1. The summed E-state index contributed by atoms with van der Waals surface area (Å²) in [6.45, 7) is 0. The van der Waals surface area contributed by atoms with Crippen molar-refractivity contribution in [2.45, 2.75) is 11.3 Å². The summed E-state index contributed by atoms with van der Waals surface area (Å²) in [5.74, 6) is -0.742. The van der Waals surface area contributed by atoms with Crippen LogP contribution < -0.4 is 0 Å². The van der Waals surface area contributed by atoms with Crippen molar-refractivity contribution in [2.75, 3.05) is 0 Å². The molecule has 0 amide bonds. The number of fused-ring (bicyclic) bond motifs is 1. The van der Waals surface area contributed by atoms with E-state index in [1.807, 2.05) is 0 Å². The summed E-state index contributed by atoms with van der Waals surface area (Å²) in [7, 11) is 0. The molecule has 2 aromatic rings. The lowest BCUT2D eigenvalue weighted by Crippen LogP contribution is -1.99. The Morgan fingerprint density at radius 2 is 2.36 bits per heavy atom. The molecule has 1 aromatic heterocycles. The molecule has 0 fully saturated rings. The molecule has 1 heterocycles. The Morgan fingerprint density at radius 3 is 3.07 bits per heavy atom. The van der Waals surface area contributed by atoms with Gasteiger partial charge in [0, 0.05) is 4.90 Å². The van der Waals surface area contributed by atoms with Crippen LogP contribution >= 0.6 is 12.6 Å². The van der Waals surface area contributed by atoms with Crippen molar-refractivity contribution < 1.29 is 14.3 Å². The Bertz CT molecular complexity index is 492. The maximum atomic E-state index is 10.4. The van der Waals surface area contributed by atoms with Gasteiger partial charge >= 0.3 is 5.97 Å².